The van der Waals surface area contributed by atoms with Gasteiger partial charge in [0.15, 0.2) is 0 Å². The van der Waals surface area contributed by atoms with Crippen LogP contribution in [0.1, 0.15) is 12.8 Å². The number of rotatable bonds is 6. The van der Waals surface area contributed by atoms with Gasteiger partial charge in [-0.05, 0) is 42.7 Å². The van der Waals surface area contributed by atoms with Gasteiger partial charge in [0.1, 0.15) is 23.9 Å². The van der Waals surface area contributed by atoms with Crippen LogP contribution in [0.15, 0.2) is 73.1 Å². The summed E-state index contributed by atoms with van der Waals surface area (Å²) in [7, 11) is 0. The molecule has 0 N–H and O–H groups in total. The summed E-state index contributed by atoms with van der Waals surface area (Å²) in [5, 5.41) is 0. The fourth-order valence-corrected chi connectivity index (χ4v) is 1.66. The Balaban J connectivity index is 1.98. The molecule has 0 unspecified atom stereocenters. The van der Waals surface area contributed by atoms with Gasteiger partial charge >= 0.3 is 0 Å². The smallest absolute Gasteiger partial charge is 0.131 e. The molecule has 0 spiro atoms. The predicted octanol–water partition coefficient (Wildman–Crippen LogP) is 4.42. The lowest BCUT2D eigenvalue weighted by Crippen LogP contribution is -1.99. The van der Waals surface area contributed by atoms with Gasteiger partial charge in [-0.25, -0.2) is 0 Å². The molecule has 1 aliphatic rings. The molecule has 0 aliphatic heterocycles. The summed E-state index contributed by atoms with van der Waals surface area (Å²) in [6.45, 7) is 7.90. The Morgan fingerprint density at radius 2 is 2.11 bits per heavy atom. The van der Waals surface area contributed by atoms with Crippen LogP contribution in [0.5, 0.6) is 11.5 Å². The third kappa shape index (κ3) is 4.18. The van der Waals surface area contributed by atoms with Gasteiger partial charge in [0, 0.05) is 6.07 Å². The van der Waals surface area contributed by atoms with Crippen LogP contribution < -0.4 is 9.47 Å². The van der Waals surface area contributed by atoms with Crippen LogP contribution >= 0.6 is 0 Å². The van der Waals surface area contributed by atoms with Gasteiger partial charge in [-0.1, -0.05) is 31.4 Å². The normalized spacial score (nSPS) is 13.6. The average molecular weight is 254 g/mol. The topological polar surface area (TPSA) is 18.5 Å². The van der Waals surface area contributed by atoms with Gasteiger partial charge in [0.05, 0.1) is 0 Å². The quantitative estimate of drug-likeness (QED) is 0.700. The summed E-state index contributed by atoms with van der Waals surface area (Å²) in [6, 6.07) is 7.60. The van der Waals surface area contributed by atoms with Crippen molar-refractivity contribution in [2.45, 2.75) is 12.8 Å². The van der Waals surface area contributed by atoms with Gasteiger partial charge in [-0.2, -0.15) is 0 Å². The highest BCUT2D eigenvalue weighted by molar-refractivity contribution is 5.35. The summed E-state index contributed by atoms with van der Waals surface area (Å²) < 4.78 is 11.4. The fraction of sp³-hybridized carbons (Fsp3) is 0.176. The van der Waals surface area contributed by atoms with Crippen LogP contribution in [-0.2, 0) is 0 Å². The molecular weight excluding hydrogens is 236 g/mol. The zero-order valence-electron chi connectivity index (χ0n) is 11.0. The molecular formula is C17H18O2. The van der Waals surface area contributed by atoms with E-state index in [9.17, 15) is 0 Å². The van der Waals surface area contributed by atoms with E-state index in [4.69, 9.17) is 9.47 Å². The Morgan fingerprint density at radius 3 is 2.84 bits per heavy atom. The van der Waals surface area contributed by atoms with E-state index in [0.717, 1.165) is 35.7 Å². The van der Waals surface area contributed by atoms with E-state index in [1.165, 1.54) is 0 Å². The first-order valence-electron chi connectivity index (χ1n) is 6.35. The van der Waals surface area contributed by atoms with E-state index >= 15 is 0 Å². The number of allylic oxidation sites excluding steroid dienone is 3. The molecule has 19 heavy (non-hydrogen) atoms. The molecule has 0 bridgehead atoms. The van der Waals surface area contributed by atoms with E-state index in [1.54, 1.807) is 6.08 Å². The van der Waals surface area contributed by atoms with Crippen LogP contribution in [0.25, 0.3) is 0 Å². The molecule has 0 radical (unpaired) electrons. The molecule has 2 nitrogen and oxygen atoms in total. The van der Waals surface area contributed by atoms with E-state index in [-0.39, 0.29) is 0 Å². The SMILES string of the molecule is C=CC(=C)COc1cccc(OC2=CCCC=C2)c1. The molecule has 1 aromatic rings. The number of hydrogen-bond donors (Lipinski definition) is 0. The highest BCUT2D eigenvalue weighted by atomic mass is 16.5. The third-order valence-corrected chi connectivity index (χ3v) is 2.72. The lowest BCUT2D eigenvalue weighted by Gasteiger charge is -2.11. The Kier molecular flexibility index (Phi) is 4.62. The Labute approximate surface area is 114 Å². The van der Waals surface area contributed by atoms with Crippen LogP contribution in [-0.4, -0.2) is 6.61 Å². The number of benzene rings is 1. The molecule has 0 aromatic heterocycles. The standard InChI is InChI=1S/C17H18O2/c1-3-14(2)13-18-16-10-7-11-17(12-16)19-15-8-5-4-6-9-15/h3,5,7-12H,1-2,4,6,13H2. The van der Waals surface area contributed by atoms with E-state index < -0.39 is 0 Å². The van der Waals surface area contributed by atoms with E-state index in [1.807, 2.05) is 30.3 Å². The van der Waals surface area contributed by atoms with E-state index in [2.05, 4.69) is 25.3 Å². The first-order valence-corrected chi connectivity index (χ1v) is 6.35. The Hall–Kier alpha value is -2.22. The zero-order chi connectivity index (χ0) is 13.5. The van der Waals surface area contributed by atoms with Crippen molar-refractivity contribution >= 4 is 0 Å². The van der Waals surface area contributed by atoms with Gasteiger partial charge in [-0.3, -0.25) is 0 Å². The minimum absolute atomic E-state index is 0.440. The molecule has 0 saturated carbocycles. The van der Waals surface area contributed by atoms with Gasteiger partial charge in [0.25, 0.3) is 0 Å². The van der Waals surface area contributed by atoms with Crippen molar-refractivity contribution in [2.24, 2.45) is 0 Å². The second kappa shape index (κ2) is 6.64. The minimum atomic E-state index is 0.440. The summed E-state index contributed by atoms with van der Waals surface area (Å²) in [6.07, 6.45) is 10.0. The molecule has 0 atom stereocenters. The minimum Gasteiger partial charge on any atom is -0.489 e. The molecule has 98 valence electrons. The van der Waals surface area contributed by atoms with Crippen molar-refractivity contribution in [3.63, 3.8) is 0 Å². The summed E-state index contributed by atoms with van der Waals surface area (Å²) in [4.78, 5) is 0. The van der Waals surface area contributed by atoms with E-state index in [0.29, 0.717) is 6.61 Å². The highest BCUT2D eigenvalue weighted by Crippen LogP contribution is 2.23. The Morgan fingerprint density at radius 1 is 1.26 bits per heavy atom. The van der Waals surface area contributed by atoms with Gasteiger partial charge in [-0.15, -0.1) is 0 Å². The summed E-state index contributed by atoms with van der Waals surface area (Å²) in [5.41, 5.74) is 0.851. The lowest BCUT2D eigenvalue weighted by molar-refractivity contribution is 0.352. The second-order valence-electron chi connectivity index (χ2n) is 4.31. The predicted molar refractivity (Wildman–Crippen MR) is 78.4 cm³/mol. The third-order valence-electron chi connectivity index (χ3n) is 2.72. The molecule has 1 aromatic carbocycles. The molecule has 0 heterocycles. The fourth-order valence-electron chi connectivity index (χ4n) is 1.66. The largest absolute Gasteiger partial charge is 0.489 e. The average Bonchev–Trinajstić information content (AvgIpc) is 2.46. The Bertz CT molecular complexity index is 524. The van der Waals surface area contributed by atoms with Gasteiger partial charge in [0.2, 0.25) is 0 Å². The second-order valence-corrected chi connectivity index (χ2v) is 4.31. The van der Waals surface area contributed by atoms with Gasteiger partial charge < -0.3 is 9.47 Å². The maximum atomic E-state index is 5.78. The van der Waals surface area contributed by atoms with Crippen molar-refractivity contribution in [1.82, 2.24) is 0 Å². The molecule has 0 fully saturated rings. The molecule has 2 rings (SSSR count). The van der Waals surface area contributed by atoms with Crippen molar-refractivity contribution in [3.8, 4) is 11.5 Å². The molecule has 0 amide bonds. The summed E-state index contributed by atoms with van der Waals surface area (Å²) in [5.74, 6) is 2.43. The van der Waals surface area contributed by atoms with Crippen molar-refractivity contribution in [2.75, 3.05) is 6.61 Å². The van der Waals surface area contributed by atoms with Crippen LogP contribution in [0.2, 0.25) is 0 Å². The van der Waals surface area contributed by atoms with Crippen molar-refractivity contribution < 1.29 is 9.47 Å². The number of hydrogen-bond acceptors (Lipinski definition) is 2. The van der Waals surface area contributed by atoms with Crippen LogP contribution in [0.4, 0.5) is 0 Å². The zero-order valence-corrected chi connectivity index (χ0v) is 11.0. The molecule has 1 aliphatic carbocycles. The van der Waals surface area contributed by atoms with Crippen molar-refractivity contribution in [3.05, 3.63) is 73.1 Å². The number of ether oxygens (including phenoxy) is 2. The van der Waals surface area contributed by atoms with Crippen molar-refractivity contribution in [1.29, 1.82) is 0 Å². The molecule has 0 saturated heterocycles. The highest BCUT2D eigenvalue weighted by Gasteiger charge is 2.02. The maximum absolute atomic E-state index is 5.78. The molecule has 2 heteroatoms. The summed E-state index contributed by atoms with van der Waals surface area (Å²) >= 11 is 0. The first kappa shape index (κ1) is 13.2. The van der Waals surface area contributed by atoms with Crippen LogP contribution in [0, 0.1) is 0 Å². The van der Waals surface area contributed by atoms with Crippen LogP contribution in [0.3, 0.4) is 0 Å². The lowest BCUT2D eigenvalue weighted by atomic mass is 10.2. The first-order chi connectivity index (χ1) is 9.28. The maximum Gasteiger partial charge on any atom is 0.131 e. The monoisotopic (exact) mass is 254 g/mol.